The number of benzene rings is 1. The van der Waals surface area contributed by atoms with E-state index in [4.69, 9.17) is 11.6 Å². The van der Waals surface area contributed by atoms with Crippen molar-refractivity contribution in [2.24, 2.45) is 0 Å². The molecule has 102 valence electrons. The number of halogens is 1. The minimum Gasteiger partial charge on any atom is -0.362 e. The van der Waals surface area contributed by atoms with Crippen molar-refractivity contribution in [3.63, 3.8) is 0 Å². The molecule has 0 saturated heterocycles. The largest absolute Gasteiger partial charge is 0.362 e. The van der Waals surface area contributed by atoms with Gasteiger partial charge in [0, 0.05) is 37.6 Å². The highest BCUT2D eigenvalue weighted by Crippen LogP contribution is 2.27. The van der Waals surface area contributed by atoms with Gasteiger partial charge in [-0.05, 0) is 32.0 Å². The van der Waals surface area contributed by atoms with Crippen LogP contribution in [0.25, 0.3) is 10.9 Å². The van der Waals surface area contributed by atoms with Crippen LogP contribution in [-0.2, 0) is 0 Å². The van der Waals surface area contributed by atoms with Gasteiger partial charge in [-0.15, -0.1) is 0 Å². The highest BCUT2D eigenvalue weighted by atomic mass is 35.5. The first kappa shape index (κ1) is 13.9. The van der Waals surface area contributed by atoms with Crippen molar-refractivity contribution < 1.29 is 0 Å². The molecule has 0 N–H and O–H groups in total. The molecule has 0 aliphatic rings. The Labute approximate surface area is 119 Å². The summed E-state index contributed by atoms with van der Waals surface area (Å²) < 4.78 is 0. The summed E-state index contributed by atoms with van der Waals surface area (Å²) in [6, 6.07) is 5.73. The van der Waals surface area contributed by atoms with E-state index >= 15 is 0 Å². The third kappa shape index (κ3) is 2.73. The normalized spacial score (nSPS) is 10.8. The molecule has 1 aromatic carbocycles. The van der Waals surface area contributed by atoms with Gasteiger partial charge in [0.05, 0.1) is 5.52 Å². The second-order valence-electron chi connectivity index (χ2n) is 4.58. The van der Waals surface area contributed by atoms with Gasteiger partial charge in [-0.1, -0.05) is 11.6 Å². The smallest absolute Gasteiger partial charge is 0.227 e. The summed E-state index contributed by atoms with van der Waals surface area (Å²) in [6.45, 7) is 5.97. The summed E-state index contributed by atoms with van der Waals surface area (Å²) in [7, 11) is 3.98. The molecule has 0 fully saturated rings. The van der Waals surface area contributed by atoms with Crippen LogP contribution in [0.5, 0.6) is 0 Å². The lowest BCUT2D eigenvalue weighted by Gasteiger charge is -2.22. The molecule has 0 aliphatic carbocycles. The summed E-state index contributed by atoms with van der Waals surface area (Å²) in [5, 5.41) is 1.71. The van der Waals surface area contributed by atoms with Crippen LogP contribution < -0.4 is 9.80 Å². The van der Waals surface area contributed by atoms with Gasteiger partial charge in [-0.3, -0.25) is 0 Å². The van der Waals surface area contributed by atoms with Gasteiger partial charge in [-0.25, -0.2) is 4.98 Å². The van der Waals surface area contributed by atoms with E-state index in [1.54, 1.807) is 0 Å². The van der Waals surface area contributed by atoms with Crippen LogP contribution in [-0.4, -0.2) is 37.2 Å². The van der Waals surface area contributed by atoms with Crippen LogP contribution in [0.3, 0.4) is 0 Å². The molecule has 4 nitrogen and oxygen atoms in total. The first-order valence-corrected chi connectivity index (χ1v) is 6.84. The molecule has 0 atom stereocenters. The summed E-state index contributed by atoms with van der Waals surface area (Å²) >= 11 is 6.06. The molecule has 0 saturated carbocycles. The summed E-state index contributed by atoms with van der Waals surface area (Å²) in [4.78, 5) is 13.4. The number of aromatic nitrogens is 2. The first-order valence-electron chi connectivity index (χ1n) is 6.46. The van der Waals surface area contributed by atoms with Crippen LogP contribution >= 0.6 is 11.6 Å². The van der Waals surface area contributed by atoms with Crippen LogP contribution in [0.4, 0.5) is 11.8 Å². The average molecular weight is 279 g/mol. The van der Waals surface area contributed by atoms with Gasteiger partial charge >= 0.3 is 0 Å². The Morgan fingerprint density at radius 2 is 1.79 bits per heavy atom. The lowest BCUT2D eigenvalue weighted by Crippen LogP contribution is -2.25. The molecule has 0 aliphatic heterocycles. The van der Waals surface area contributed by atoms with Crippen LogP contribution in [0.1, 0.15) is 13.8 Å². The summed E-state index contributed by atoms with van der Waals surface area (Å²) in [5.74, 6) is 1.67. The molecule has 1 aromatic heterocycles. The second-order valence-corrected chi connectivity index (χ2v) is 5.01. The molecule has 0 spiro atoms. The van der Waals surface area contributed by atoms with E-state index in [-0.39, 0.29) is 0 Å². The molecule has 2 aromatic rings. The Balaban J connectivity index is 2.68. The topological polar surface area (TPSA) is 32.3 Å². The predicted molar refractivity (Wildman–Crippen MR) is 82.4 cm³/mol. The Morgan fingerprint density at radius 3 is 2.37 bits per heavy atom. The Kier molecular flexibility index (Phi) is 4.10. The van der Waals surface area contributed by atoms with Crippen molar-refractivity contribution in [2.45, 2.75) is 13.8 Å². The monoisotopic (exact) mass is 278 g/mol. The molecule has 5 heteroatoms. The van der Waals surface area contributed by atoms with Gasteiger partial charge in [0.1, 0.15) is 5.82 Å². The van der Waals surface area contributed by atoms with Crippen molar-refractivity contribution in [2.75, 3.05) is 37.0 Å². The highest BCUT2D eigenvalue weighted by Gasteiger charge is 2.13. The fourth-order valence-electron chi connectivity index (χ4n) is 2.06. The van der Waals surface area contributed by atoms with E-state index < -0.39 is 0 Å². The third-order valence-electron chi connectivity index (χ3n) is 3.10. The number of rotatable bonds is 4. The fraction of sp³-hybridized carbons (Fsp3) is 0.429. The lowest BCUT2D eigenvalue weighted by atomic mass is 10.2. The zero-order valence-corrected chi connectivity index (χ0v) is 12.6. The van der Waals surface area contributed by atoms with Crippen molar-refractivity contribution in [1.82, 2.24) is 9.97 Å². The molecule has 0 bridgehead atoms. The van der Waals surface area contributed by atoms with E-state index in [1.165, 1.54) is 0 Å². The molecular formula is C14H19ClN4. The van der Waals surface area contributed by atoms with Gasteiger partial charge in [0.2, 0.25) is 5.95 Å². The minimum atomic E-state index is 0.696. The van der Waals surface area contributed by atoms with Crippen molar-refractivity contribution >= 4 is 34.3 Å². The minimum absolute atomic E-state index is 0.696. The number of nitrogens with zero attached hydrogens (tertiary/aromatic N) is 4. The van der Waals surface area contributed by atoms with E-state index in [0.717, 1.165) is 35.8 Å². The van der Waals surface area contributed by atoms with E-state index in [0.29, 0.717) is 5.02 Å². The number of hydrogen-bond donors (Lipinski definition) is 0. The van der Waals surface area contributed by atoms with Crippen LogP contribution in [0.15, 0.2) is 18.2 Å². The zero-order chi connectivity index (χ0) is 14.0. The van der Waals surface area contributed by atoms with Crippen LogP contribution in [0.2, 0.25) is 5.02 Å². The van der Waals surface area contributed by atoms with Crippen LogP contribution in [0, 0.1) is 0 Å². The van der Waals surface area contributed by atoms with Crippen molar-refractivity contribution in [3.05, 3.63) is 23.2 Å². The highest BCUT2D eigenvalue weighted by molar-refractivity contribution is 6.31. The van der Waals surface area contributed by atoms with Crippen molar-refractivity contribution in [3.8, 4) is 0 Å². The fourth-order valence-corrected chi connectivity index (χ4v) is 2.23. The number of hydrogen-bond acceptors (Lipinski definition) is 4. The predicted octanol–water partition coefficient (Wildman–Crippen LogP) is 3.20. The second kappa shape index (κ2) is 5.61. The van der Waals surface area contributed by atoms with E-state index in [2.05, 4.69) is 28.7 Å². The van der Waals surface area contributed by atoms with E-state index in [9.17, 15) is 0 Å². The van der Waals surface area contributed by atoms with Gasteiger partial charge in [-0.2, -0.15) is 4.98 Å². The standard InChI is InChI=1S/C14H19ClN4/c1-5-19(6-2)14-16-12-9-10(15)7-8-11(12)13(17-14)18(3)4/h7-9H,5-6H2,1-4H3. The SMILES string of the molecule is CCN(CC)c1nc(N(C)C)c2ccc(Cl)cc2n1. The average Bonchev–Trinajstić information content (AvgIpc) is 2.38. The van der Waals surface area contributed by atoms with Gasteiger partial charge in [0.25, 0.3) is 0 Å². The molecule has 0 unspecified atom stereocenters. The quantitative estimate of drug-likeness (QED) is 0.860. The first-order chi connectivity index (χ1) is 9.06. The maximum absolute atomic E-state index is 6.06. The molecule has 19 heavy (non-hydrogen) atoms. The maximum atomic E-state index is 6.06. The lowest BCUT2D eigenvalue weighted by molar-refractivity contribution is 0.823. The third-order valence-corrected chi connectivity index (χ3v) is 3.33. The molecule has 1 heterocycles. The maximum Gasteiger partial charge on any atom is 0.227 e. The Morgan fingerprint density at radius 1 is 1.11 bits per heavy atom. The summed E-state index contributed by atoms with van der Waals surface area (Å²) in [5.41, 5.74) is 0.883. The zero-order valence-electron chi connectivity index (χ0n) is 11.8. The number of anilines is 2. The van der Waals surface area contributed by atoms with Gasteiger partial charge < -0.3 is 9.80 Å². The molecule has 2 rings (SSSR count). The Bertz CT molecular complexity index is 579. The molecular weight excluding hydrogens is 260 g/mol. The molecule has 0 radical (unpaired) electrons. The number of fused-ring (bicyclic) bond motifs is 1. The Hall–Kier alpha value is -1.55. The van der Waals surface area contributed by atoms with Crippen molar-refractivity contribution in [1.29, 1.82) is 0 Å². The van der Waals surface area contributed by atoms with Gasteiger partial charge in [0.15, 0.2) is 0 Å². The van der Waals surface area contributed by atoms with E-state index in [1.807, 2.05) is 37.2 Å². The molecule has 0 amide bonds. The summed E-state index contributed by atoms with van der Waals surface area (Å²) in [6.07, 6.45) is 0.